The fraction of sp³-hybridized carbons (Fsp3) is 0.208. The smallest absolute Gasteiger partial charge is 0.244 e. The van der Waals surface area contributed by atoms with Gasteiger partial charge in [-0.05, 0) is 66.4 Å². The molecule has 0 saturated heterocycles. The van der Waals surface area contributed by atoms with Crippen molar-refractivity contribution < 1.29 is 17.9 Å². The number of nitrogens with one attached hydrogen (secondary N) is 1. The van der Waals surface area contributed by atoms with Crippen molar-refractivity contribution in [1.82, 2.24) is 4.31 Å². The Hall–Kier alpha value is -2.87. The molecule has 166 valence electrons. The highest BCUT2D eigenvalue weighted by molar-refractivity contribution is 7.89. The molecular weight excluding hydrogens is 448 g/mol. The van der Waals surface area contributed by atoms with Gasteiger partial charge in [0.25, 0.3) is 0 Å². The molecule has 1 N–H and O–H groups in total. The number of carbonyl (C=O) groups is 1. The lowest BCUT2D eigenvalue weighted by Gasteiger charge is -2.35. The van der Waals surface area contributed by atoms with E-state index in [1.807, 2.05) is 31.2 Å². The molecule has 0 saturated carbocycles. The van der Waals surface area contributed by atoms with Crippen molar-refractivity contribution in [2.24, 2.45) is 0 Å². The van der Waals surface area contributed by atoms with Crippen LogP contribution in [0, 0.1) is 6.92 Å². The summed E-state index contributed by atoms with van der Waals surface area (Å²) in [5.74, 6) is 0.148. The molecular formula is C24H23ClN2O4S. The number of ether oxygens (including phenoxy) is 1. The zero-order valence-corrected chi connectivity index (χ0v) is 19.3. The van der Waals surface area contributed by atoms with Gasteiger partial charge in [0.15, 0.2) is 0 Å². The van der Waals surface area contributed by atoms with Gasteiger partial charge in [0.1, 0.15) is 11.8 Å². The molecule has 0 spiro atoms. The number of halogens is 1. The largest absolute Gasteiger partial charge is 0.497 e. The number of hydrogen-bond acceptors (Lipinski definition) is 4. The Bertz CT molecular complexity index is 1260. The van der Waals surface area contributed by atoms with Crippen molar-refractivity contribution in [3.8, 4) is 5.75 Å². The Morgan fingerprint density at radius 2 is 1.75 bits per heavy atom. The predicted molar refractivity (Wildman–Crippen MR) is 124 cm³/mol. The van der Waals surface area contributed by atoms with Crippen LogP contribution in [0.5, 0.6) is 5.75 Å². The first-order chi connectivity index (χ1) is 15.3. The van der Waals surface area contributed by atoms with E-state index in [9.17, 15) is 13.2 Å². The zero-order valence-electron chi connectivity index (χ0n) is 17.7. The van der Waals surface area contributed by atoms with E-state index >= 15 is 0 Å². The van der Waals surface area contributed by atoms with Crippen LogP contribution >= 0.6 is 11.6 Å². The summed E-state index contributed by atoms with van der Waals surface area (Å²) in [7, 11) is -2.42. The van der Waals surface area contributed by atoms with Crippen LogP contribution in [0.1, 0.15) is 16.7 Å². The second-order valence-corrected chi connectivity index (χ2v) is 9.97. The van der Waals surface area contributed by atoms with Gasteiger partial charge < -0.3 is 10.1 Å². The van der Waals surface area contributed by atoms with Crippen molar-refractivity contribution in [2.75, 3.05) is 12.4 Å². The molecule has 3 aromatic rings. The van der Waals surface area contributed by atoms with Gasteiger partial charge in [-0.3, -0.25) is 4.79 Å². The number of aryl methyl sites for hydroxylation is 1. The van der Waals surface area contributed by atoms with Crippen LogP contribution < -0.4 is 10.1 Å². The number of benzene rings is 3. The van der Waals surface area contributed by atoms with Gasteiger partial charge in [-0.15, -0.1) is 0 Å². The Morgan fingerprint density at radius 1 is 1.06 bits per heavy atom. The SMILES string of the molecule is COc1ccc(S(=O)(=O)N2Cc3ccccc3CC2C(=O)Nc2ccc(C)c(Cl)c2)cc1. The zero-order chi connectivity index (χ0) is 22.9. The summed E-state index contributed by atoms with van der Waals surface area (Å²) in [6.07, 6.45) is 0.275. The second kappa shape index (κ2) is 8.94. The van der Waals surface area contributed by atoms with E-state index in [-0.39, 0.29) is 17.9 Å². The Kier molecular flexibility index (Phi) is 6.24. The summed E-state index contributed by atoms with van der Waals surface area (Å²) in [5, 5.41) is 3.36. The first kappa shape index (κ1) is 22.3. The van der Waals surface area contributed by atoms with Gasteiger partial charge in [-0.2, -0.15) is 4.31 Å². The highest BCUT2D eigenvalue weighted by Crippen LogP contribution is 2.31. The van der Waals surface area contributed by atoms with Crippen molar-refractivity contribution in [1.29, 1.82) is 0 Å². The number of amides is 1. The number of nitrogens with zero attached hydrogens (tertiary/aromatic N) is 1. The van der Waals surface area contributed by atoms with E-state index in [1.165, 1.54) is 23.5 Å². The number of carbonyl (C=O) groups excluding carboxylic acids is 1. The van der Waals surface area contributed by atoms with Gasteiger partial charge in [-0.1, -0.05) is 41.9 Å². The summed E-state index contributed by atoms with van der Waals surface area (Å²) >= 11 is 6.19. The summed E-state index contributed by atoms with van der Waals surface area (Å²) < 4.78 is 33.5. The van der Waals surface area contributed by atoms with Crippen molar-refractivity contribution >= 4 is 33.2 Å². The number of fused-ring (bicyclic) bond motifs is 1. The van der Waals surface area contributed by atoms with Crippen LogP contribution in [-0.2, 0) is 27.8 Å². The molecule has 0 aliphatic carbocycles. The third-order valence-corrected chi connectivity index (χ3v) is 7.89. The summed E-state index contributed by atoms with van der Waals surface area (Å²) in [6.45, 7) is 1.98. The third kappa shape index (κ3) is 4.37. The molecule has 6 nitrogen and oxygen atoms in total. The Morgan fingerprint density at radius 3 is 2.41 bits per heavy atom. The topological polar surface area (TPSA) is 75.7 Å². The van der Waals surface area contributed by atoms with E-state index in [4.69, 9.17) is 16.3 Å². The molecule has 1 atom stereocenters. The molecule has 3 aromatic carbocycles. The number of anilines is 1. The van der Waals surface area contributed by atoms with Gasteiger partial charge in [-0.25, -0.2) is 8.42 Å². The molecule has 1 amide bonds. The average molecular weight is 471 g/mol. The molecule has 0 bridgehead atoms. The van der Waals surface area contributed by atoms with E-state index in [0.29, 0.717) is 16.5 Å². The van der Waals surface area contributed by atoms with Crippen LogP contribution in [0.2, 0.25) is 5.02 Å². The summed E-state index contributed by atoms with van der Waals surface area (Å²) in [4.78, 5) is 13.4. The maximum atomic E-state index is 13.5. The fourth-order valence-corrected chi connectivity index (χ4v) is 5.50. The number of sulfonamides is 1. The lowest BCUT2D eigenvalue weighted by Crippen LogP contribution is -2.50. The maximum absolute atomic E-state index is 13.5. The minimum absolute atomic E-state index is 0.105. The van der Waals surface area contributed by atoms with Crippen LogP contribution in [0.15, 0.2) is 71.6 Å². The highest BCUT2D eigenvalue weighted by atomic mass is 35.5. The van der Waals surface area contributed by atoms with Crippen LogP contribution in [0.25, 0.3) is 0 Å². The fourth-order valence-electron chi connectivity index (χ4n) is 3.75. The standard InChI is InChI=1S/C24H23ClN2O4S/c1-16-7-8-19(14-22(16)25)26-24(28)23-13-17-5-3-4-6-18(17)15-27(23)32(29,30)21-11-9-20(31-2)10-12-21/h3-12,14,23H,13,15H2,1-2H3,(H,26,28). The predicted octanol–water partition coefficient (Wildman–Crippen LogP) is 4.41. The number of hydrogen-bond donors (Lipinski definition) is 1. The van der Waals surface area contributed by atoms with E-state index in [1.54, 1.807) is 30.3 Å². The maximum Gasteiger partial charge on any atom is 0.244 e. The second-order valence-electron chi connectivity index (χ2n) is 7.67. The van der Waals surface area contributed by atoms with Gasteiger partial charge in [0.2, 0.25) is 15.9 Å². The minimum Gasteiger partial charge on any atom is -0.497 e. The molecule has 0 radical (unpaired) electrons. The van der Waals surface area contributed by atoms with Crippen LogP contribution in [0.4, 0.5) is 5.69 Å². The number of rotatable bonds is 5. The molecule has 32 heavy (non-hydrogen) atoms. The number of methoxy groups -OCH3 is 1. The first-order valence-electron chi connectivity index (χ1n) is 10.1. The summed E-state index contributed by atoms with van der Waals surface area (Å²) in [6, 6.07) is 18.0. The lowest BCUT2D eigenvalue weighted by atomic mass is 9.95. The quantitative estimate of drug-likeness (QED) is 0.599. The van der Waals surface area contributed by atoms with Crippen molar-refractivity contribution in [3.63, 3.8) is 0 Å². The molecule has 1 heterocycles. The van der Waals surface area contributed by atoms with Crippen LogP contribution in [0.3, 0.4) is 0 Å². The van der Waals surface area contributed by atoms with Gasteiger partial charge in [0.05, 0.1) is 12.0 Å². The molecule has 8 heteroatoms. The van der Waals surface area contributed by atoms with Crippen molar-refractivity contribution in [2.45, 2.75) is 30.8 Å². The van der Waals surface area contributed by atoms with Gasteiger partial charge in [0, 0.05) is 17.3 Å². The molecule has 1 unspecified atom stereocenters. The normalized spacial score (nSPS) is 16.3. The molecule has 4 rings (SSSR count). The first-order valence-corrected chi connectivity index (χ1v) is 11.9. The molecule has 0 aromatic heterocycles. The summed E-state index contributed by atoms with van der Waals surface area (Å²) in [5.41, 5.74) is 3.24. The Balaban J connectivity index is 1.70. The third-order valence-electron chi connectivity index (χ3n) is 5.61. The molecule has 1 aliphatic rings. The van der Waals surface area contributed by atoms with E-state index in [2.05, 4.69) is 5.32 Å². The van der Waals surface area contributed by atoms with Crippen molar-refractivity contribution in [3.05, 3.63) is 88.4 Å². The monoisotopic (exact) mass is 470 g/mol. The molecule has 0 fully saturated rings. The van der Waals surface area contributed by atoms with Gasteiger partial charge >= 0.3 is 0 Å². The molecule has 1 aliphatic heterocycles. The highest BCUT2D eigenvalue weighted by Gasteiger charge is 2.39. The Labute approximate surface area is 192 Å². The average Bonchev–Trinajstić information content (AvgIpc) is 2.80. The van der Waals surface area contributed by atoms with E-state index in [0.717, 1.165) is 16.7 Å². The van der Waals surface area contributed by atoms with E-state index < -0.39 is 22.0 Å². The lowest BCUT2D eigenvalue weighted by molar-refractivity contribution is -0.120. The minimum atomic E-state index is -3.94. The van der Waals surface area contributed by atoms with Crippen LogP contribution in [-0.4, -0.2) is 31.8 Å².